The van der Waals surface area contributed by atoms with E-state index in [1.165, 1.54) is 11.8 Å². The van der Waals surface area contributed by atoms with Gasteiger partial charge in [-0.1, -0.05) is 48.5 Å². The van der Waals surface area contributed by atoms with Gasteiger partial charge in [-0.15, -0.1) is 0 Å². The minimum absolute atomic E-state index is 0.0521. The molecule has 0 aliphatic heterocycles. The Morgan fingerprint density at radius 3 is 2.26 bits per heavy atom. The van der Waals surface area contributed by atoms with Crippen molar-refractivity contribution in [2.45, 2.75) is 6.42 Å². The molecule has 0 saturated carbocycles. The van der Waals surface area contributed by atoms with Gasteiger partial charge in [0, 0.05) is 12.2 Å². The summed E-state index contributed by atoms with van der Waals surface area (Å²) in [5, 5.41) is 9.41. The minimum Gasteiger partial charge on any atom is -0.484 e. The number of hydrazone groups is 1. The highest BCUT2D eigenvalue weighted by Crippen LogP contribution is 2.11. The number of para-hydroxylation sites is 1. The Kier molecular flexibility index (Phi) is 8.19. The van der Waals surface area contributed by atoms with Gasteiger partial charge in [-0.2, -0.15) is 5.10 Å². The van der Waals surface area contributed by atoms with Crippen LogP contribution >= 0.6 is 0 Å². The van der Waals surface area contributed by atoms with Gasteiger partial charge in [0.15, 0.2) is 6.61 Å². The molecule has 3 N–H and O–H groups in total. The van der Waals surface area contributed by atoms with Crippen LogP contribution in [0.4, 0.5) is 10.5 Å². The van der Waals surface area contributed by atoms with Gasteiger partial charge in [-0.3, -0.25) is 4.79 Å². The lowest BCUT2D eigenvalue weighted by atomic mass is 10.1. The topological polar surface area (TPSA) is 91.8 Å². The van der Waals surface area contributed by atoms with Crippen LogP contribution < -0.4 is 20.8 Å². The summed E-state index contributed by atoms with van der Waals surface area (Å²) in [5.41, 5.74) is 5.03. The average molecular weight is 416 g/mol. The Hall–Kier alpha value is -4.13. The molecule has 3 aromatic rings. The molecule has 3 amide bonds. The van der Waals surface area contributed by atoms with Crippen LogP contribution in [-0.2, 0) is 11.2 Å². The Bertz CT molecular complexity index is 990. The molecule has 0 atom stereocenters. The SMILES string of the molecule is O=C(COc1ccc(C=NNC(=O)Nc2ccccc2)cc1)NCCc1ccccc1. The first-order chi connectivity index (χ1) is 15.2. The van der Waals surface area contributed by atoms with Crippen molar-refractivity contribution in [1.29, 1.82) is 0 Å². The van der Waals surface area contributed by atoms with Crippen LogP contribution in [0.15, 0.2) is 90.0 Å². The van der Waals surface area contributed by atoms with Crippen molar-refractivity contribution in [3.63, 3.8) is 0 Å². The number of carbonyl (C=O) groups is 2. The van der Waals surface area contributed by atoms with E-state index in [1.54, 1.807) is 36.4 Å². The monoisotopic (exact) mass is 416 g/mol. The lowest BCUT2D eigenvalue weighted by Gasteiger charge is -2.08. The van der Waals surface area contributed by atoms with E-state index in [-0.39, 0.29) is 12.5 Å². The standard InChI is InChI=1S/C24H24N4O3/c29-23(25-16-15-19-7-3-1-4-8-19)18-31-22-13-11-20(12-14-22)17-26-28-24(30)27-21-9-5-2-6-10-21/h1-14,17H,15-16,18H2,(H,25,29)(H2,27,28,30). The summed E-state index contributed by atoms with van der Waals surface area (Å²) in [5.74, 6) is 0.403. The summed E-state index contributed by atoms with van der Waals surface area (Å²) in [6.45, 7) is 0.510. The van der Waals surface area contributed by atoms with Crippen LogP contribution in [0, 0.1) is 0 Å². The molecule has 3 rings (SSSR count). The fourth-order valence-corrected chi connectivity index (χ4v) is 2.69. The molecule has 0 fully saturated rings. The quantitative estimate of drug-likeness (QED) is 0.368. The molecule has 0 bridgehead atoms. The summed E-state index contributed by atoms with van der Waals surface area (Å²) in [7, 11) is 0. The van der Waals surface area contributed by atoms with Crippen LogP contribution in [0.3, 0.4) is 0 Å². The third-order valence-corrected chi connectivity index (χ3v) is 4.24. The Morgan fingerprint density at radius 1 is 0.871 bits per heavy atom. The molecule has 0 aliphatic carbocycles. The van der Waals surface area contributed by atoms with Gasteiger partial charge in [0.1, 0.15) is 5.75 Å². The Morgan fingerprint density at radius 2 is 1.55 bits per heavy atom. The number of benzene rings is 3. The van der Waals surface area contributed by atoms with Crippen molar-refractivity contribution < 1.29 is 14.3 Å². The summed E-state index contributed by atoms with van der Waals surface area (Å²) in [6.07, 6.45) is 2.29. The highest BCUT2D eigenvalue weighted by atomic mass is 16.5. The van der Waals surface area contributed by atoms with Crippen molar-refractivity contribution in [1.82, 2.24) is 10.7 Å². The van der Waals surface area contributed by atoms with E-state index in [9.17, 15) is 9.59 Å². The molecule has 0 heterocycles. The van der Waals surface area contributed by atoms with Crippen molar-refractivity contribution in [2.75, 3.05) is 18.5 Å². The van der Waals surface area contributed by atoms with Gasteiger partial charge < -0.3 is 15.4 Å². The number of amides is 3. The zero-order valence-electron chi connectivity index (χ0n) is 17.0. The normalized spacial score (nSPS) is 10.5. The number of hydrogen-bond acceptors (Lipinski definition) is 4. The van der Waals surface area contributed by atoms with Gasteiger partial charge in [-0.25, -0.2) is 10.2 Å². The largest absolute Gasteiger partial charge is 0.484 e. The van der Waals surface area contributed by atoms with Crippen LogP contribution in [0.2, 0.25) is 0 Å². The number of nitrogens with one attached hydrogen (secondary N) is 3. The van der Waals surface area contributed by atoms with Crippen LogP contribution in [0.5, 0.6) is 5.75 Å². The first-order valence-electron chi connectivity index (χ1n) is 9.87. The zero-order valence-corrected chi connectivity index (χ0v) is 17.0. The van der Waals surface area contributed by atoms with Crippen LogP contribution in [-0.4, -0.2) is 31.3 Å². The second kappa shape index (κ2) is 11.8. The lowest BCUT2D eigenvalue weighted by molar-refractivity contribution is -0.123. The van der Waals surface area contributed by atoms with Crippen molar-refractivity contribution >= 4 is 23.8 Å². The molecule has 7 nitrogen and oxygen atoms in total. The number of hydrogen-bond donors (Lipinski definition) is 3. The molecule has 0 unspecified atom stereocenters. The van der Waals surface area contributed by atoms with Crippen LogP contribution in [0.1, 0.15) is 11.1 Å². The average Bonchev–Trinajstić information content (AvgIpc) is 2.80. The molecular weight excluding hydrogens is 392 g/mol. The molecule has 158 valence electrons. The highest BCUT2D eigenvalue weighted by Gasteiger charge is 2.03. The smallest absolute Gasteiger partial charge is 0.339 e. The minimum atomic E-state index is -0.430. The van der Waals surface area contributed by atoms with E-state index in [0.29, 0.717) is 18.0 Å². The summed E-state index contributed by atoms with van der Waals surface area (Å²) >= 11 is 0. The molecule has 0 aromatic heterocycles. The fraction of sp³-hybridized carbons (Fsp3) is 0.125. The van der Waals surface area contributed by atoms with Gasteiger partial charge in [-0.05, 0) is 53.9 Å². The van der Waals surface area contributed by atoms with Crippen LogP contribution in [0.25, 0.3) is 0 Å². The summed E-state index contributed by atoms with van der Waals surface area (Å²) < 4.78 is 5.50. The maximum Gasteiger partial charge on any atom is 0.339 e. The summed E-state index contributed by atoms with van der Waals surface area (Å²) in [6, 6.07) is 25.7. The Labute approximate surface area is 181 Å². The molecular formula is C24H24N4O3. The van der Waals surface area contributed by atoms with E-state index >= 15 is 0 Å². The number of ether oxygens (including phenoxy) is 1. The van der Waals surface area contributed by atoms with E-state index in [4.69, 9.17) is 4.74 Å². The van der Waals surface area contributed by atoms with E-state index in [2.05, 4.69) is 21.2 Å². The summed E-state index contributed by atoms with van der Waals surface area (Å²) in [4.78, 5) is 23.7. The number of anilines is 1. The number of urea groups is 1. The molecule has 7 heteroatoms. The maximum absolute atomic E-state index is 11.9. The highest BCUT2D eigenvalue weighted by molar-refractivity contribution is 5.90. The third kappa shape index (κ3) is 8.02. The number of rotatable bonds is 9. The molecule has 0 spiro atoms. The third-order valence-electron chi connectivity index (χ3n) is 4.24. The van der Waals surface area contributed by atoms with Gasteiger partial charge in [0.25, 0.3) is 5.91 Å². The maximum atomic E-state index is 11.9. The molecule has 0 aliphatic rings. The van der Waals surface area contributed by atoms with E-state index < -0.39 is 6.03 Å². The van der Waals surface area contributed by atoms with Gasteiger partial charge in [0.2, 0.25) is 0 Å². The number of nitrogens with zero attached hydrogens (tertiary/aromatic N) is 1. The van der Waals surface area contributed by atoms with E-state index in [1.807, 2.05) is 48.5 Å². The fourth-order valence-electron chi connectivity index (χ4n) is 2.69. The predicted octanol–water partition coefficient (Wildman–Crippen LogP) is 3.58. The molecule has 3 aromatic carbocycles. The molecule has 0 saturated heterocycles. The lowest BCUT2D eigenvalue weighted by Crippen LogP contribution is -2.30. The second-order valence-corrected chi connectivity index (χ2v) is 6.63. The molecule has 31 heavy (non-hydrogen) atoms. The predicted molar refractivity (Wildman–Crippen MR) is 121 cm³/mol. The van der Waals surface area contributed by atoms with Crippen molar-refractivity contribution in [3.8, 4) is 5.75 Å². The number of carbonyl (C=O) groups excluding carboxylic acids is 2. The van der Waals surface area contributed by atoms with Gasteiger partial charge >= 0.3 is 6.03 Å². The first-order valence-corrected chi connectivity index (χ1v) is 9.87. The zero-order chi connectivity index (χ0) is 21.7. The second-order valence-electron chi connectivity index (χ2n) is 6.63. The van der Waals surface area contributed by atoms with Gasteiger partial charge in [0.05, 0.1) is 6.21 Å². The van der Waals surface area contributed by atoms with Crippen molar-refractivity contribution in [3.05, 3.63) is 96.1 Å². The Balaban J connectivity index is 1.35. The first kappa shape index (κ1) is 21.6. The van der Waals surface area contributed by atoms with Crippen molar-refractivity contribution in [2.24, 2.45) is 5.10 Å². The van der Waals surface area contributed by atoms with E-state index in [0.717, 1.165) is 12.0 Å². The molecule has 0 radical (unpaired) electrons.